The Balaban J connectivity index is 2.35. The molecule has 16 heavy (non-hydrogen) atoms. The van der Waals surface area contributed by atoms with Crippen molar-refractivity contribution in [1.29, 1.82) is 0 Å². The molecule has 2 rings (SSSR count). The zero-order valence-electron chi connectivity index (χ0n) is 9.10. The van der Waals surface area contributed by atoms with Crippen molar-refractivity contribution in [2.45, 2.75) is 12.5 Å². The van der Waals surface area contributed by atoms with Gasteiger partial charge in [0.2, 0.25) is 6.79 Å². The van der Waals surface area contributed by atoms with Gasteiger partial charge >= 0.3 is 0 Å². The highest BCUT2D eigenvalue weighted by molar-refractivity contribution is 5.52. The van der Waals surface area contributed by atoms with E-state index in [0.717, 1.165) is 0 Å². The van der Waals surface area contributed by atoms with Crippen LogP contribution in [0.4, 0.5) is 0 Å². The maximum Gasteiger partial charge on any atom is 0.231 e. The molecule has 1 aromatic rings. The van der Waals surface area contributed by atoms with E-state index in [1.807, 2.05) is 0 Å². The van der Waals surface area contributed by atoms with Crippen LogP contribution in [0.15, 0.2) is 12.1 Å². The van der Waals surface area contributed by atoms with Crippen LogP contribution in [0.2, 0.25) is 0 Å². The lowest BCUT2D eigenvalue weighted by Gasteiger charge is -2.14. The van der Waals surface area contributed by atoms with Gasteiger partial charge in [-0.1, -0.05) is 0 Å². The predicted octanol–water partition coefficient (Wildman–Crippen LogP) is 0.806. The largest absolute Gasteiger partial charge is 0.496 e. The molecule has 5 heteroatoms. The first-order chi connectivity index (χ1) is 7.76. The smallest absolute Gasteiger partial charge is 0.231 e. The van der Waals surface area contributed by atoms with Crippen LogP contribution < -0.4 is 19.9 Å². The summed E-state index contributed by atoms with van der Waals surface area (Å²) in [6.07, 6.45) is -0.162. The second-order valence-corrected chi connectivity index (χ2v) is 3.54. The Kier molecular flexibility index (Phi) is 3.17. The van der Waals surface area contributed by atoms with Crippen molar-refractivity contribution in [3.63, 3.8) is 0 Å². The van der Waals surface area contributed by atoms with E-state index in [4.69, 9.17) is 19.9 Å². The molecular weight excluding hydrogens is 210 g/mol. The number of fused-ring (bicyclic) bond motifs is 1. The van der Waals surface area contributed by atoms with Crippen molar-refractivity contribution in [2.24, 2.45) is 5.73 Å². The quantitative estimate of drug-likeness (QED) is 0.793. The normalized spacial score (nSPS) is 14.9. The van der Waals surface area contributed by atoms with Crippen molar-refractivity contribution in [2.75, 3.05) is 20.4 Å². The molecule has 1 heterocycles. The monoisotopic (exact) mass is 225 g/mol. The number of aliphatic hydroxyl groups excluding tert-OH is 1. The topological polar surface area (TPSA) is 73.9 Å². The molecule has 3 N–H and O–H groups in total. The van der Waals surface area contributed by atoms with E-state index in [1.165, 1.54) is 0 Å². The second kappa shape index (κ2) is 4.59. The van der Waals surface area contributed by atoms with E-state index < -0.39 is 6.10 Å². The highest BCUT2D eigenvalue weighted by atomic mass is 16.7. The molecule has 0 saturated carbocycles. The zero-order chi connectivity index (χ0) is 11.5. The molecule has 0 bridgehead atoms. The van der Waals surface area contributed by atoms with Gasteiger partial charge in [0.15, 0.2) is 11.5 Å². The minimum Gasteiger partial charge on any atom is -0.496 e. The molecule has 0 aliphatic carbocycles. The molecule has 0 fully saturated rings. The SMILES string of the molecule is COc1cc2c(cc1C(O)CCN)OCO2. The molecule has 1 atom stereocenters. The first-order valence-electron chi connectivity index (χ1n) is 5.12. The number of hydrogen-bond acceptors (Lipinski definition) is 5. The molecule has 0 radical (unpaired) electrons. The number of benzene rings is 1. The Morgan fingerprint density at radius 2 is 2.12 bits per heavy atom. The molecule has 0 aromatic heterocycles. The van der Waals surface area contributed by atoms with Gasteiger partial charge in [0.25, 0.3) is 0 Å². The third-order valence-corrected chi connectivity index (χ3v) is 2.52. The minimum atomic E-state index is -0.644. The van der Waals surface area contributed by atoms with Gasteiger partial charge in [0, 0.05) is 11.6 Å². The van der Waals surface area contributed by atoms with Crippen molar-refractivity contribution in [3.8, 4) is 17.2 Å². The standard InChI is InChI=1S/C11H15NO4/c1-14-9-5-11-10(15-6-16-11)4-7(9)8(13)2-3-12/h4-5,8,13H,2-3,6,12H2,1H3. The maximum absolute atomic E-state index is 9.91. The molecule has 1 aliphatic rings. The number of methoxy groups -OCH3 is 1. The van der Waals surface area contributed by atoms with Gasteiger partial charge < -0.3 is 25.1 Å². The van der Waals surface area contributed by atoms with E-state index in [-0.39, 0.29) is 6.79 Å². The first kappa shape index (κ1) is 11.0. The highest BCUT2D eigenvalue weighted by Gasteiger charge is 2.21. The summed E-state index contributed by atoms with van der Waals surface area (Å²) >= 11 is 0. The van der Waals surface area contributed by atoms with Crippen LogP contribution in [0.1, 0.15) is 18.1 Å². The van der Waals surface area contributed by atoms with Crippen LogP contribution in [0.25, 0.3) is 0 Å². The second-order valence-electron chi connectivity index (χ2n) is 3.54. The van der Waals surface area contributed by atoms with Crippen LogP contribution >= 0.6 is 0 Å². The Labute approximate surface area is 93.7 Å². The summed E-state index contributed by atoms with van der Waals surface area (Å²) in [7, 11) is 1.55. The maximum atomic E-state index is 9.91. The van der Waals surface area contributed by atoms with Gasteiger partial charge in [-0.05, 0) is 19.0 Å². The third kappa shape index (κ3) is 1.91. The Morgan fingerprint density at radius 1 is 1.44 bits per heavy atom. The molecule has 1 unspecified atom stereocenters. The number of nitrogens with two attached hydrogens (primary N) is 1. The van der Waals surface area contributed by atoms with Crippen LogP contribution in [-0.4, -0.2) is 25.6 Å². The minimum absolute atomic E-state index is 0.203. The van der Waals surface area contributed by atoms with Crippen LogP contribution in [-0.2, 0) is 0 Å². The van der Waals surface area contributed by atoms with Gasteiger partial charge in [-0.2, -0.15) is 0 Å². The number of hydrogen-bond donors (Lipinski definition) is 2. The molecule has 0 saturated heterocycles. The van der Waals surface area contributed by atoms with Crippen molar-refractivity contribution in [1.82, 2.24) is 0 Å². The molecule has 0 amide bonds. The van der Waals surface area contributed by atoms with Gasteiger partial charge in [0.1, 0.15) is 5.75 Å². The lowest BCUT2D eigenvalue weighted by Crippen LogP contribution is -2.07. The molecule has 5 nitrogen and oxygen atoms in total. The highest BCUT2D eigenvalue weighted by Crippen LogP contribution is 2.40. The molecule has 0 spiro atoms. The summed E-state index contributed by atoms with van der Waals surface area (Å²) in [5.41, 5.74) is 6.09. The lowest BCUT2D eigenvalue weighted by atomic mass is 10.0. The zero-order valence-corrected chi connectivity index (χ0v) is 9.10. The van der Waals surface area contributed by atoms with E-state index in [9.17, 15) is 5.11 Å². The third-order valence-electron chi connectivity index (χ3n) is 2.52. The summed E-state index contributed by atoms with van der Waals surface area (Å²) in [5.74, 6) is 1.86. The Hall–Kier alpha value is -1.46. The van der Waals surface area contributed by atoms with Crippen LogP contribution in [0, 0.1) is 0 Å². The van der Waals surface area contributed by atoms with Gasteiger partial charge in [-0.25, -0.2) is 0 Å². The number of ether oxygens (including phenoxy) is 3. The van der Waals surface area contributed by atoms with Crippen molar-refractivity contribution in [3.05, 3.63) is 17.7 Å². The average molecular weight is 225 g/mol. The average Bonchev–Trinajstić information content (AvgIpc) is 2.74. The fourth-order valence-corrected chi connectivity index (χ4v) is 1.69. The molecule has 88 valence electrons. The van der Waals surface area contributed by atoms with E-state index in [1.54, 1.807) is 19.2 Å². The first-order valence-corrected chi connectivity index (χ1v) is 5.12. The van der Waals surface area contributed by atoms with E-state index in [0.29, 0.717) is 35.8 Å². The van der Waals surface area contributed by atoms with E-state index in [2.05, 4.69) is 0 Å². The molecule has 1 aromatic carbocycles. The summed E-state index contributed by atoms with van der Waals surface area (Å²) in [5, 5.41) is 9.91. The molecule has 1 aliphatic heterocycles. The van der Waals surface area contributed by atoms with E-state index >= 15 is 0 Å². The summed E-state index contributed by atoms with van der Waals surface area (Å²) in [4.78, 5) is 0. The molecular formula is C11H15NO4. The Bertz CT molecular complexity index is 380. The summed E-state index contributed by atoms with van der Waals surface area (Å²) < 4.78 is 15.7. The predicted molar refractivity (Wildman–Crippen MR) is 57.7 cm³/mol. The summed E-state index contributed by atoms with van der Waals surface area (Å²) in [6.45, 7) is 0.619. The van der Waals surface area contributed by atoms with Crippen molar-refractivity contribution >= 4 is 0 Å². The van der Waals surface area contributed by atoms with Gasteiger partial charge in [-0.15, -0.1) is 0 Å². The number of rotatable bonds is 4. The number of aliphatic hydroxyl groups is 1. The van der Waals surface area contributed by atoms with Gasteiger partial charge in [-0.3, -0.25) is 0 Å². The van der Waals surface area contributed by atoms with Crippen molar-refractivity contribution < 1.29 is 19.3 Å². The fraction of sp³-hybridized carbons (Fsp3) is 0.455. The summed E-state index contributed by atoms with van der Waals surface area (Å²) in [6, 6.07) is 3.46. The van der Waals surface area contributed by atoms with Crippen LogP contribution in [0.5, 0.6) is 17.2 Å². The fourth-order valence-electron chi connectivity index (χ4n) is 1.69. The van der Waals surface area contributed by atoms with Gasteiger partial charge in [0.05, 0.1) is 13.2 Å². The Morgan fingerprint density at radius 3 is 2.75 bits per heavy atom. The van der Waals surface area contributed by atoms with Crippen LogP contribution in [0.3, 0.4) is 0 Å². The lowest BCUT2D eigenvalue weighted by molar-refractivity contribution is 0.164.